The van der Waals surface area contributed by atoms with Crippen molar-refractivity contribution in [2.24, 2.45) is 11.8 Å². The number of nitrogens with zero attached hydrogens (tertiary/aromatic N) is 2. The van der Waals surface area contributed by atoms with Gasteiger partial charge in [-0.05, 0) is 48.6 Å². The standard InChI is InChI=1S/C24H29ClN2OS/c1-5-7-19(6-2)21-15-22(21)24(28)27-12-10-26(11-13-27)18(4)16-29-23-9-8-20(25)14-17(23)3/h5-9,14,21-22H,1-2,4,10-13,15-16H2,3H3/b19-7+/t21-,22+/m0/s1. The topological polar surface area (TPSA) is 23.6 Å². The smallest absolute Gasteiger partial charge is 0.226 e. The monoisotopic (exact) mass is 428 g/mol. The van der Waals surface area contributed by atoms with Gasteiger partial charge in [0.2, 0.25) is 5.91 Å². The number of rotatable bonds is 8. The van der Waals surface area contributed by atoms with E-state index in [1.54, 1.807) is 17.8 Å². The van der Waals surface area contributed by atoms with E-state index in [4.69, 9.17) is 11.6 Å². The van der Waals surface area contributed by atoms with Crippen LogP contribution in [0.3, 0.4) is 0 Å². The Morgan fingerprint density at radius 3 is 2.52 bits per heavy atom. The number of carbonyl (C=O) groups is 1. The highest BCUT2D eigenvalue weighted by Gasteiger charge is 2.46. The van der Waals surface area contributed by atoms with Crippen molar-refractivity contribution in [3.8, 4) is 0 Å². The predicted octanol–water partition coefficient (Wildman–Crippen LogP) is 5.33. The first-order valence-corrected chi connectivity index (χ1v) is 11.4. The SMILES string of the molecule is C=C/C=C(\C=C)[C@@H]1C[C@H]1C(=O)N1CCN(C(=C)CSc2ccc(Cl)cc2C)CC1. The maximum Gasteiger partial charge on any atom is 0.226 e. The molecular weight excluding hydrogens is 400 g/mol. The Labute approximate surface area is 183 Å². The first kappa shape index (κ1) is 21.8. The van der Waals surface area contributed by atoms with Gasteiger partial charge in [-0.15, -0.1) is 11.8 Å². The molecule has 1 aliphatic carbocycles. The Balaban J connectivity index is 1.46. The highest BCUT2D eigenvalue weighted by atomic mass is 35.5. The average molecular weight is 429 g/mol. The molecule has 0 aromatic heterocycles. The van der Waals surface area contributed by atoms with Crippen molar-refractivity contribution >= 4 is 29.3 Å². The summed E-state index contributed by atoms with van der Waals surface area (Å²) in [7, 11) is 0. The summed E-state index contributed by atoms with van der Waals surface area (Å²) in [5.41, 5.74) is 3.43. The molecule has 1 aromatic rings. The molecule has 1 saturated heterocycles. The molecule has 1 aromatic carbocycles. The van der Waals surface area contributed by atoms with Gasteiger partial charge in [0.25, 0.3) is 0 Å². The Hall–Kier alpha value is -1.91. The number of thioether (sulfide) groups is 1. The zero-order valence-electron chi connectivity index (χ0n) is 17.1. The molecule has 1 amide bonds. The lowest BCUT2D eigenvalue weighted by Gasteiger charge is -2.37. The maximum atomic E-state index is 12.8. The molecule has 0 radical (unpaired) electrons. The van der Waals surface area contributed by atoms with E-state index in [0.29, 0.717) is 5.92 Å². The van der Waals surface area contributed by atoms with E-state index in [2.05, 4.69) is 37.6 Å². The molecule has 1 heterocycles. The summed E-state index contributed by atoms with van der Waals surface area (Å²) < 4.78 is 0. The fourth-order valence-electron chi connectivity index (χ4n) is 3.82. The molecule has 0 unspecified atom stereocenters. The third-order valence-electron chi connectivity index (χ3n) is 5.65. The predicted molar refractivity (Wildman–Crippen MR) is 124 cm³/mol. The van der Waals surface area contributed by atoms with Crippen molar-refractivity contribution in [3.63, 3.8) is 0 Å². The van der Waals surface area contributed by atoms with Crippen LogP contribution in [0.15, 0.2) is 72.3 Å². The van der Waals surface area contributed by atoms with Crippen LogP contribution in [0.2, 0.25) is 5.02 Å². The summed E-state index contributed by atoms with van der Waals surface area (Å²) in [5, 5.41) is 0.768. The summed E-state index contributed by atoms with van der Waals surface area (Å²) in [4.78, 5) is 18.4. The lowest BCUT2D eigenvalue weighted by molar-refractivity contribution is -0.134. The summed E-state index contributed by atoms with van der Waals surface area (Å²) in [6, 6.07) is 5.98. The van der Waals surface area contributed by atoms with Crippen molar-refractivity contribution in [1.82, 2.24) is 9.80 Å². The number of piperazine rings is 1. The molecule has 2 aliphatic rings. The van der Waals surface area contributed by atoms with E-state index in [-0.39, 0.29) is 11.8 Å². The number of allylic oxidation sites excluding steroid dienone is 4. The fourth-order valence-corrected chi connectivity index (χ4v) is 5.00. The molecule has 0 N–H and O–H groups in total. The molecule has 3 nitrogen and oxygen atoms in total. The van der Waals surface area contributed by atoms with Crippen LogP contribution in [0, 0.1) is 18.8 Å². The Bertz CT molecular complexity index is 839. The van der Waals surface area contributed by atoms with Gasteiger partial charge in [0.05, 0.1) is 0 Å². The third kappa shape index (κ3) is 5.37. The van der Waals surface area contributed by atoms with Crippen LogP contribution in [-0.4, -0.2) is 47.6 Å². The molecule has 1 saturated carbocycles. The molecule has 2 atom stereocenters. The van der Waals surface area contributed by atoms with Crippen LogP contribution in [0.1, 0.15) is 12.0 Å². The zero-order chi connectivity index (χ0) is 21.0. The van der Waals surface area contributed by atoms with Crippen LogP contribution >= 0.6 is 23.4 Å². The second kappa shape index (κ2) is 9.73. The van der Waals surface area contributed by atoms with E-state index in [1.807, 2.05) is 29.2 Å². The van der Waals surface area contributed by atoms with Crippen LogP contribution in [0.4, 0.5) is 0 Å². The molecule has 1 aliphatic heterocycles. The van der Waals surface area contributed by atoms with E-state index >= 15 is 0 Å². The number of carbonyl (C=O) groups excluding carboxylic acids is 1. The molecule has 2 fully saturated rings. The maximum absolute atomic E-state index is 12.8. The summed E-state index contributed by atoms with van der Waals surface area (Å²) in [6.07, 6.45) is 6.51. The third-order valence-corrected chi connectivity index (χ3v) is 7.13. The first-order chi connectivity index (χ1) is 13.9. The average Bonchev–Trinajstić information content (AvgIpc) is 3.51. The van der Waals surface area contributed by atoms with Crippen molar-refractivity contribution < 1.29 is 4.79 Å². The normalized spacial score (nSPS) is 21.7. The lowest BCUT2D eigenvalue weighted by atomic mass is 10.1. The number of hydrogen-bond acceptors (Lipinski definition) is 3. The van der Waals surface area contributed by atoms with Crippen molar-refractivity contribution in [3.05, 3.63) is 78.0 Å². The van der Waals surface area contributed by atoms with Gasteiger partial charge in [-0.25, -0.2) is 0 Å². The highest BCUT2D eigenvalue weighted by molar-refractivity contribution is 7.99. The minimum Gasteiger partial charge on any atom is -0.371 e. The second-order valence-corrected chi connectivity index (χ2v) is 9.09. The van der Waals surface area contributed by atoms with Crippen LogP contribution < -0.4 is 0 Å². The quantitative estimate of drug-likeness (QED) is 0.412. The van der Waals surface area contributed by atoms with Gasteiger partial charge in [-0.3, -0.25) is 4.79 Å². The van der Waals surface area contributed by atoms with E-state index in [1.165, 1.54) is 10.5 Å². The van der Waals surface area contributed by atoms with Crippen molar-refractivity contribution in [2.75, 3.05) is 31.9 Å². The molecule has 5 heteroatoms. The van der Waals surface area contributed by atoms with E-state index < -0.39 is 0 Å². The van der Waals surface area contributed by atoms with Crippen LogP contribution in [0.5, 0.6) is 0 Å². The highest BCUT2D eigenvalue weighted by Crippen LogP contribution is 2.45. The summed E-state index contributed by atoms with van der Waals surface area (Å²) >= 11 is 7.82. The van der Waals surface area contributed by atoms with Crippen molar-refractivity contribution in [2.45, 2.75) is 18.2 Å². The van der Waals surface area contributed by atoms with Gasteiger partial charge in [0, 0.05) is 53.5 Å². The van der Waals surface area contributed by atoms with Crippen molar-refractivity contribution in [1.29, 1.82) is 0 Å². The Kier molecular flexibility index (Phi) is 7.31. The molecular formula is C24H29ClN2OS. The molecule has 0 spiro atoms. The number of hydrogen-bond donors (Lipinski definition) is 0. The first-order valence-electron chi connectivity index (χ1n) is 10.00. The van der Waals surface area contributed by atoms with Gasteiger partial charge >= 0.3 is 0 Å². The van der Waals surface area contributed by atoms with E-state index in [9.17, 15) is 4.79 Å². The number of benzene rings is 1. The largest absolute Gasteiger partial charge is 0.371 e. The molecule has 154 valence electrons. The molecule has 29 heavy (non-hydrogen) atoms. The van der Waals surface area contributed by atoms with Gasteiger partial charge in [-0.1, -0.05) is 49.6 Å². The zero-order valence-corrected chi connectivity index (χ0v) is 18.6. The summed E-state index contributed by atoms with van der Waals surface area (Å²) in [6.45, 7) is 17.2. The second-order valence-electron chi connectivity index (χ2n) is 7.63. The molecule has 3 rings (SSSR count). The Morgan fingerprint density at radius 1 is 1.21 bits per heavy atom. The van der Waals surface area contributed by atoms with Crippen LogP contribution in [0.25, 0.3) is 0 Å². The molecule has 0 bridgehead atoms. The number of amides is 1. The summed E-state index contributed by atoms with van der Waals surface area (Å²) in [5.74, 6) is 1.54. The van der Waals surface area contributed by atoms with Gasteiger partial charge in [0.15, 0.2) is 0 Å². The number of halogens is 1. The Morgan fingerprint density at radius 2 is 1.90 bits per heavy atom. The number of aryl methyl sites for hydroxylation is 1. The van der Waals surface area contributed by atoms with E-state index in [0.717, 1.165) is 54.6 Å². The minimum atomic E-state index is 0.109. The van der Waals surface area contributed by atoms with Gasteiger partial charge < -0.3 is 9.80 Å². The lowest BCUT2D eigenvalue weighted by Crippen LogP contribution is -2.49. The fraction of sp³-hybridized carbons (Fsp3) is 0.375. The minimum absolute atomic E-state index is 0.109. The van der Waals surface area contributed by atoms with Gasteiger partial charge in [0.1, 0.15) is 0 Å². The van der Waals surface area contributed by atoms with Crippen LogP contribution in [-0.2, 0) is 4.79 Å². The van der Waals surface area contributed by atoms with Gasteiger partial charge in [-0.2, -0.15) is 0 Å².